The second-order valence-electron chi connectivity index (χ2n) is 9.22. The van der Waals surface area contributed by atoms with Crippen LogP contribution in [0.15, 0.2) is 54.6 Å². The highest BCUT2D eigenvalue weighted by atomic mass is 16.7. The summed E-state index contributed by atoms with van der Waals surface area (Å²) in [5.41, 5.74) is 2.93. The molecule has 1 N–H and O–H groups in total. The van der Waals surface area contributed by atoms with Crippen molar-refractivity contribution in [1.29, 1.82) is 0 Å². The van der Waals surface area contributed by atoms with Crippen molar-refractivity contribution in [3.05, 3.63) is 77.1 Å². The number of nitrogens with one attached hydrogen (secondary N) is 1. The number of aromatic nitrogens is 1. The first-order valence-corrected chi connectivity index (χ1v) is 11.6. The van der Waals surface area contributed by atoms with Gasteiger partial charge in [-0.15, -0.1) is 0 Å². The Morgan fingerprint density at radius 3 is 2.54 bits per heavy atom. The molecule has 0 aliphatic carbocycles. The average molecular weight is 474 g/mol. The molecule has 2 aliphatic rings. The number of carbonyl (C=O) groups excluding carboxylic acids is 3. The van der Waals surface area contributed by atoms with Crippen molar-refractivity contribution in [2.24, 2.45) is 0 Å². The Hall–Kier alpha value is -4.07. The van der Waals surface area contributed by atoms with Gasteiger partial charge in [-0.05, 0) is 57.4 Å². The SMILES string of the molecule is Cc1cc(C(=O)CN2C(=O)N[C@@](C)(CCc3ccccc3)C2=O)c(C)n1-c1ccc2c(c1)OCO2. The average Bonchev–Trinajstić information content (AvgIpc) is 3.49. The summed E-state index contributed by atoms with van der Waals surface area (Å²) in [6.45, 7) is 5.34. The molecule has 3 amide bonds. The van der Waals surface area contributed by atoms with E-state index in [1.165, 1.54) is 0 Å². The zero-order chi connectivity index (χ0) is 24.7. The number of hydrogen-bond donors (Lipinski definition) is 1. The van der Waals surface area contributed by atoms with E-state index in [0.29, 0.717) is 29.9 Å². The van der Waals surface area contributed by atoms with E-state index in [0.717, 1.165) is 27.5 Å². The number of ether oxygens (including phenoxy) is 2. The molecule has 1 atom stereocenters. The van der Waals surface area contributed by atoms with Gasteiger partial charge in [-0.1, -0.05) is 30.3 Å². The van der Waals surface area contributed by atoms with Gasteiger partial charge in [-0.25, -0.2) is 4.79 Å². The van der Waals surface area contributed by atoms with Crippen LogP contribution in [0, 0.1) is 13.8 Å². The maximum atomic E-state index is 13.3. The van der Waals surface area contributed by atoms with E-state index >= 15 is 0 Å². The number of carbonyl (C=O) groups is 3. The fourth-order valence-corrected chi connectivity index (χ4v) is 4.79. The molecule has 0 bridgehead atoms. The van der Waals surface area contributed by atoms with Crippen molar-refractivity contribution < 1.29 is 23.9 Å². The van der Waals surface area contributed by atoms with Crippen LogP contribution in [0.5, 0.6) is 11.5 Å². The van der Waals surface area contributed by atoms with Gasteiger partial charge in [-0.2, -0.15) is 0 Å². The highest BCUT2D eigenvalue weighted by Gasteiger charge is 2.48. The van der Waals surface area contributed by atoms with Crippen LogP contribution >= 0.6 is 0 Å². The summed E-state index contributed by atoms with van der Waals surface area (Å²) in [7, 11) is 0. The van der Waals surface area contributed by atoms with Crippen molar-refractivity contribution in [3.8, 4) is 17.2 Å². The second kappa shape index (κ2) is 8.61. The minimum atomic E-state index is -1.05. The molecule has 3 heterocycles. The molecule has 0 radical (unpaired) electrons. The Labute approximate surface area is 203 Å². The maximum absolute atomic E-state index is 13.3. The van der Waals surface area contributed by atoms with Crippen LogP contribution in [0.25, 0.3) is 5.69 Å². The summed E-state index contributed by atoms with van der Waals surface area (Å²) in [5.74, 6) is 0.663. The third-order valence-corrected chi connectivity index (χ3v) is 6.75. The monoisotopic (exact) mass is 473 g/mol. The van der Waals surface area contributed by atoms with Crippen molar-refractivity contribution in [2.45, 2.75) is 39.2 Å². The molecule has 2 aliphatic heterocycles. The van der Waals surface area contributed by atoms with Crippen molar-refractivity contribution in [1.82, 2.24) is 14.8 Å². The van der Waals surface area contributed by atoms with Crippen molar-refractivity contribution in [3.63, 3.8) is 0 Å². The Bertz CT molecular complexity index is 1330. The number of Topliss-reactive ketones (excluding diaryl/α,β-unsaturated/α-hetero) is 1. The molecule has 1 saturated heterocycles. The molecular formula is C27H27N3O5. The molecule has 2 aromatic carbocycles. The smallest absolute Gasteiger partial charge is 0.325 e. The molecule has 8 heteroatoms. The predicted octanol–water partition coefficient (Wildman–Crippen LogP) is 3.95. The van der Waals surface area contributed by atoms with Crippen molar-refractivity contribution in [2.75, 3.05) is 13.3 Å². The molecule has 0 saturated carbocycles. The van der Waals surface area contributed by atoms with E-state index in [1.54, 1.807) is 13.0 Å². The van der Waals surface area contributed by atoms with Crippen LogP contribution < -0.4 is 14.8 Å². The number of amides is 3. The van der Waals surface area contributed by atoms with Crippen LogP contribution in [0.3, 0.4) is 0 Å². The van der Waals surface area contributed by atoms with Crippen molar-refractivity contribution >= 4 is 17.7 Å². The van der Waals surface area contributed by atoms with Gasteiger partial charge < -0.3 is 19.4 Å². The van der Waals surface area contributed by atoms with E-state index < -0.39 is 11.6 Å². The number of urea groups is 1. The highest BCUT2D eigenvalue weighted by molar-refractivity contribution is 6.11. The quantitative estimate of drug-likeness (QED) is 0.415. The van der Waals surface area contributed by atoms with E-state index in [-0.39, 0.29) is 25.0 Å². The van der Waals surface area contributed by atoms with Gasteiger partial charge in [0.1, 0.15) is 5.54 Å². The Morgan fingerprint density at radius 2 is 1.77 bits per heavy atom. The summed E-state index contributed by atoms with van der Waals surface area (Å²) in [6, 6.07) is 16.6. The summed E-state index contributed by atoms with van der Waals surface area (Å²) in [6.07, 6.45) is 1.09. The molecule has 180 valence electrons. The minimum Gasteiger partial charge on any atom is -0.454 e. The molecule has 0 unspecified atom stereocenters. The largest absolute Gasteiger partial charge is 0.454 e. The molecule has 8 nitrogen and oxygen atoms in total. The predicted molar refractivity (Wildman–Crippen MR) is 129 cm³/mol. The highest BCUT2D eigenvalue weighted by Crippen LogP contribution is 2.35. The minimum absolute atomic E-state index is 0.183. The molecule has 1 fully saturated rings. The molecular weight excluding hydrogens is 446 g/mol. The summed E-state index contributed by atoms with van der Waals surface area (Å²) in [4.78, 5) is 40.1. The summed E-state index contributed by atoms with van der Waals surface area (Å²) < 4.78 is 12.8. The molecule has 5 rings (SSSR count). The number of aryl methyl sites for hydroxylation is 2. The van der Waals surface area contributed by atoms with Crippen LogP contribution in [-0.4, -0.2) is 46.1 Å². The second-order valence-corrected chi connectivity index (χ2v) is 9.22. The Morgan fingerprint density at radius 1 is 1.03 bits per heavy atom. The van der Waals surface area contributed by atoms with Gasteiger partial charge in [0.2, 0.25) is 6.79 Å². The number of rotatable bonds is 7. The lowest BCUT2D eigenvalue weighted by Crippen LogP contribution is -2.44. The Kier molecular flexibility index (Phi) is 5.59. The van der Waals surface area contributed by atoms with Gasteiger partial charge >= 0.3 is 6.03 Å². The van der Waals surface area contributed by atoms with Gasteiger partial charge in [0.25, 0.3) is 5.91 Å². The lowest BCUT2D eigenvalue weighted by Gasteiger charge is -2.21. The van der Waals surface area contributed by atoms with Crippen LogP contribution in [0.2, 0.25) is 0 Å². The third kappa shape index (κ3) is 4.05. The van der Waals surface area contributed by atoms with Gasteiger partial charge in [0.15, 0.2) is 17.3 Å². The van der Waals surface area contributed by atoms with E-state index in [9.17, 15) is 14.4 Å². The maximum Gasteiger partial charge on any atom is 0.325 e. The number of fused-ring (bicyclic) bond motifs is 1. The topological polar surface area (TPSA) is 89.9 Å². The first-order valence-electron chi connectivity index (χ1n) is 11.6. The Balaban J connectivity index is 1.33. The van der Waals surface area contributed by atoms with E-state index in [1.807, 2.05) is 66.9 Å². The number of hydrogen-bond acceptors (Lipinski definition) is 5. The van der Waals surface area contributed by atoms with Gasteiger partial charge in [-0.3, -0.25) is 14.5 Å². The standard InChI is InChI=1S/C27H27N3O5/c1-17-13-21(18(2)30(17)20-9-10-23-24(14-20)35-16-34-23)22(31)15-29-25(32)27(3,28-26(29)33)12-11-19-7-5-4-6-8-19/h4-10,13-14H,11-12,15-16H2,1-3H3,(H,28,33)/t27-/m0/s1. The van der Waals surface area contributed by atoms with Gasteiger partial charge in [0, 0.05) is 28.7 Å². The molecule has 1 aromatic heterocycles. The lowest BCUT2D eigenvalue weighted by molar-refractivity contribution is -0.130. The fraction of sp³-hybridized carbons (Fsp3) is 0.296. The number of benzene rings is 2. The van der Waals surface area contributed by atoms with E-state index in [2.05, 4.69) is 5.32 Å². The first-order chi connectivity index (χ1) is 16.8. The van der Waals surface area contributed by atoms with Crippen LogP contribution in [-0.2, 0) is 11.2 Å². The third-order valence-electron chi connectivity index (χ3n) is 6.75. The van der Waals surface area contributed by atoms with Crippen LogP contribution in [0.1, 0.15) is 40.7 Å². The summed E-state index contributed by atoms with van der Waals surface area (Å²) >= 11 is 0. The molecule has 35 heavy (non-hydrogen) atoms. The zero-order valence-electron chi connectivity index (χ0n) is 20.0. The molecule has 3 aromatic rings. The molecule has 0 spiro atoms. The van der Waals surface area contributed by atoms with Crippen LogP contribution in [0.4, 0.5) is 4.79 Å². The number of ketones is 1. The first kappa shape index (κ1) is 22.7. The normalized spacial score (nSPS) is 18.8. The zero-order valence-corrected chi connectivity index (χ0v) is 20.0. The van der Waals surface area contributed by atoms with E-state index in [4.69, 9.17) is 9.47 Å². The lowest BCUT2D eigenvalue weighted by atomic mass is 9.93. The van der Waals surface area contributed by atoms with Gasteiger partial charge in [0.05, 0.1) is 6.54 Å². The fourth-order valence-electron chi connectivity index (χ4n) is 4.79. The summed E-state index contributed by atoms with van der Waals surface area (Å²) in [5, 5.41) is 2.79. The number of imide groups is 1. The number of nitrogens with zero attached hydrogens (tertiary/aromatic N) is 2.